The highest BCUT2D eigenvalue weighted by Crippen LogP contribution is 2.18. The molecular weight excluding hydrogens is 294 g/mol. The molecule has 0 aliphatic carbocycles. The number of ether oxygens (including phenoxy) is 2. The van der Waals surface area contributed by atoms with Crippen LogP contribution in [0.5, 0.6) is 5.75 Å². The van der Waals surface area contributed by atoms with E-state index < -0.39 is 5.97 Å². The number of carbonyl (C=O) groups excluding carboxylic acids is 1. The van der Waals surface area contributed by atoms with Crippen molar-refractivity contribution >= 4 is 11.9 Å². The summed E-state index contributed by atoms with van der Waals surface area (Å²) >= 11 is 0. The van der Waals surface area contributed by atoms with Gasteiger partial charge in [-0.25, -0.2) is 14.8 Å². The summed E-state index contributed by atoms with van der Waals surface area (Å²) in [7, 11) is 0. The number of esters is 1. The summed E-state index contributed by atoms with van der Waals surface area (Å²) in [4.78, 5) is 20.2. The first kappa shape index (κ1) is 16.7. The Morgan fingerprint density at radius 2 is 1.87 bits per heavy atom. The number of benzene rings is 1. The zero-order chi connectivity index (χ0) is 16.8. The Morgan fingerprint density at radius 1 is 1.17 bits per heavy atom. The van der Waals surface area contributed by atoms with Crippen LogP contribution < -0.4 is 10.5 Å². The van der Waals surface area contributed by atoms with Crippen LogP contribution in [-0.4, -0.2) is 22.5 Å². The Bertz CT molecular complexity index is 684. The van der Waals surface area contributed by atoms with Crippen molar-refractivity contribution in [3.8, 4) is 5.75 Å². The molecule has 6 nitrogen and oxygen atoms in total. The maximum Gasteiger partial charge on any atom is 0.341 e. The maximum absolute atomic E-state index is 12.1. The van der Waals surface area contributed by atoms with Gasteiger partial charge in [-0.3, -0.25) is 0 Å². The molecule has 0 aliphatic heterocycles. The molecule has 0 aliphatic rings. The Labute approximate surface area is 135 Å². The number of anilines is 1. The molecule has 122 valence electrons. The van der Waals surface area contributed by atoms with Gasteiger partial charge in [0.15, 0.2) is 0 Å². The summed E-state index contributed by atoms with van der Waals surface area (Å²) in [6, 6.07) is 7.78. The lowest BCUT2D eigenvalue weighted by molar-refractivity contribution is 0.0521. The molecule has 23 heavy (non-hydrogen) atoms. The molecule has 2 aromatic rings. The van der Waals surface area contributed by atoms with E-state index in [9.17, 15) is 4.79 Å². The topological polar surface area (TPSA) is 87.3 Å². The van der Waals surface area contributed by atoms with Crippen LogP contribution in [0.25, 0.3) is 0 Å². The van der Waals surface area contributed by atoms with E-state index in [2.05, 4.69) is 16.9 Å². The van der Waals surface area contributed by atoms with Crippen molar-refractivity contribution in [3.63, 3.8) is 0 Å². The first-order valence-electron chi connectivity index (χ1n) is 7.57. The van der Waals surface area contributed by atoms with Crippen LogP contribution in [0, 0.1) is 6.92 Å². The summed E-state index contributed by atoms with van der Waals surface area (Å²) in [6.45, 7) is 5.93. The highest BCUT2D eigenvalue weighted by Gasteiger charge is 2.19. The fraction of sp³-hybridized carbons (Fsp3) is 0.353. The average molecular weight is 315 g/mol. The summed E-state index contributed by atoms with van der Waals surface area (Å²) < 4.78 is 10.8. The number of aromatic nitrogens is 2. The standard InChI is InChI=1S/C17H21N3O3/c1-4-12-6-8-13(9-7-12)23-10-14-15(16(21)22-5-2)11(3)19-17(18)20-14/h6-9H,4-5,10H2,1-3H3,(H2,18,19,20). The molecule has 0 unspecified atom stereocenters. The van der Waals surface area contributed by atoms with Gasteiger partial charge in [-0.2, -0.15) is 0 Å². The second-order valence-electron chi connectivity index (χ2n) is 5.00. The first-order valence-corrected chi connectivity index (χ1v) is 7.57. The molecule has 1 heterocycles. The van der Waals surface area contributed by atoms with Gasteiger partial charge in [0.25, 0.3) is 0 Å². The molecule has 0 spiro atoms. The van der Waals surface area contributed by atoms with Crippen molar-refractivity contribution in [1.82, 2.24) is 9.97 Å². The van der Waals surface area contributed by atoms with Gasteiger partial charge in [-0.1, -0.05) is 19.1 Å². The lowest BCUT2D eigenvalue weighted by atomic mass is 10.1. The highest BCUT2D eigenvalue weighted by molar-refractivity contribution is 5.91. The van der Waals surface area contributed by atoms with E-state index in [0.717, 1.165) is 6.42 Å². The lowest BCUT2D eigenvalue weighted by Gasteiger charge is -2.12. The van der Waals surface area contributed by atoms with Gasteiger partial charge in [0.05, 0.1) is 18.0 Å². The molecule has 0 fully saturated rings. The van der Waals surface area contributed by atoms with E-state index >= 15 is 0 Å². The third-order valence-corrected chi connectivity index (χ3v) is 3.37. The Kier molecular flexibility index (Phi) is 5.51. The third kappa shape index (κ3) is 4.18. The minimum atomic E-state index is -0.468. The van der Waals surface area contributed by atoms with Crippen molar-refractivity contribution in [3.05, 3.63) is 46.8 Å². The third-order valence-electron chi connectivity index (χ3n) is 3.37. The summed E-state index contributed by atoms with van der Waals surface area (Å²) in [5, 5.41) is 0. The minimum Gasteiger partial charge on any atom is -0.487 e. The van der Waals surface area contributed by atoms with Crippen molar-refractivity contribution in [2.45, 2.75) is 33.8 Å². The van der Waals surface area contributed by atoms with E-state index in [4.69, 9.17) is 15.2 Å². The van der Waals surface area contributed by atoms with Gasteiger partial charge in [0.2, 0.25) is 5.95 Å². The van der Waals surface area contributed by atoms with E-state index in [1.54, 1.807) is 13.8 Å². The normalized spacial score (nSPS) is 10.4. The van der Waals surface area contributed by atoms with E-state index in [1.165, 1.54) is 5.56 Å². The largest absolute Gasteiger partial charge is 0.487 e. The van der Waals surface area contributed by atoms with Crippen LogP contribution in [0.15, 0.2) is 24.3 Å². The fourth-order valence-corrected chi connectivity index (χ4v) is 2.20. The molecule has 1 aromatic carbocycles. The van der Waals surface area contributed by atoms with Crippen LogP contribution >= 0.6 is 0 Å². The van der Waals surface area contributed by atoms with Crippen molar-refractivity contribution in [2.75, 3.05) is 12.3 Å². The zero-order valence-corrected chi connectivity index (χ0v) is 13.6. The van der Waals surface area contributed by atoms with Crippen molar-refractivity contribution in [1.29, 1.82) is 0 Å². The number of aryl methyl sites for hydroxylation is 2. The number of nitrogens with zero attached hydrogens (tertiary/aromatic N) is 2. The van der Waals surface area contributed by atoms with E-state index in [-0.39, 0.29) is 19.2 Å². The van der Waals surface area contributed by atoms with Crippen molar-refractivity contribution < 1.29 is 14.3 Å². The molecule has 0 amide bonds. The van der Waals surface area contributed by atoms with E-state index in [1.807, 2.05) is 24.3 Å². The summed E-state index contributed by atoms with van der Waals surface area (Å²) in [5.41, 5.74) is 8.13. The molecule has 0 atom stereocenters. The number of hydrogen-bond acceptors (Lipinski definition) is 6. The van der Waals surface area contributed by atoms with Crippen LogP contribution in [0.1, 0.15) is 41.2 Å². The van der Waals surface area contributed by atoms with Gasteiger partial charge < -0.3 is 15.2 Å². The first-order chi connectivity index (χ1) is 11.0. The zero-order valence-electron chi connectivity index (χ0n) is 13.6. The Morgan fingerprint density at radius 3 is 2.48 bits per heavy atom. The Balaban J connectivity index is 2.22. The quantitative estimate of drug-likeness (QED) is 0.825. The number of hydrogen-bond donors (Lipinski definition) is 1. The minimum absolute atomic E-state index is 0.107. The fourth-order valence-electron chi connectivity index (χ4n) is 2.20. The SMILES string of the molecule is CCOC(=O)c1c(C)nc(N)nc1COc1ccc(CC)cc1. The smallest absolute Gasteiger partial charge is 0.341 e. The van der Waals surface area contributed by atoms with Crippen LogP contribution in [0.2, 0.25) is 0 Å². The van der Waals surface area contributed by atoms with Gasteiger partial charge in [-0.05, 0) is 38.0 Å². The lowest BCUT2D eigenvalue weighted by Crippen LogP contribution is -2.16. The second-order valence-corrected chi connectivity index (χ2v) is 5.00. The predicted octanol–water partition coefficient (Wildman–Crippen LogP) is 2.69. The van der Waals surface area contributed by atoms with Gasteiger partial charge in [0.1, 0.15) is 17.9 Å². The second kappa shape index (κ2) is 7.58. The molecule has 0 saturated carbocycles. The molecule has 2 rings (SSSR count). The molecule has 6 heteroatoms. The van der Waals surface area contributed by atoms with Gasteiger partial charge in [-0.15, -0.1) is 0 Å². The highest BCUT2D eigenvalue weighted by atomic mass is 16.5. The molecular formula is C17H21N3O3. The van der Waals surface area contributed by atoms with Crippen molar-refractivity contribution in [2.24, 2.45) is 0 Å². The monoisotopic (exact) mass is 315 g/mol. The van der Waals surface area contributed by atoms with Crippen LogP contribution in [-0.2, 0) is 17.8 Å². The molecule has 0 bridgehead atoms. The average Bonchev–Trinajstić information content (AvgIpc) is 2.53. The maximum atomic E-state index is 12.1. The molecule has 0 radical (unpaired) electrons. The summed E-state index contributed by atoms with van der Waals surface area (Å²) in [5.74, 6) is 0.340. The van der Waals surface area contributed by atoms with Gasteiger partial charge in [0, 0.05) is 0 Å². The van der Waals surface area contributed by atoms with Crippen LogP contribution in [0.4, 0.5) is 5.95 Å². The van der Waals surface area contributed by atoms with Crippen LogP contribution in [0.3, 0.4) is 0 Å². The molecule has 0 saturated heterocycles. The predicted molar refractivity (Wildman–Crippen MR) is 87.3 cm³/mol. The molecule has 1 aromatic heterocycles. The number of nitrogen functional groups attached to an aromatic ring is 1. The van der Waals surface area contributed by atoms with Gasteiger partial charge >= 0.3 is 5.97 Å². The number of carbonyl (C=O) groups is 1. The summed E-state index contributed by atoms with van der Waals surface area (Å²) in [6.07, 6.45) is 0.967. The Hall–Kier alpha value is -2.63. The number of rotatable bonds is 6. The van der Waals surface area contributed by atoms with E-state index in [0.29, 0.717) is 22.7 Å². The number of nitrogens with two attached hydrogens (primary N) is 1. The molecule has 2 N–H and O–H groups in total.